The van der Waals surface area contributed by atoms with Gasteiger partial charge in [0.2, 0.25) is 0 Å². The number of rotatable bonds is 4. The first-order chi connectivity index (χ1) is 7.69. The number of halogens is 2. The molecule has 0 aliphatic heterocycles. The number of aldehydes is 1. The van der Waals surface area contributed by atoms with E-state index in [1.54, 1.807) is 13.0 Å². The molecule has 0 saturated heterocycles. The molecule has 0 aromatic heterocycles. The third-order valence-corrected chi connectivity index (χ3v) is 2.02. The van der Waals surface area contributed by atoms with Gasteiger partial charge in [0.15, 0.2) is 0 Å². The third kappa shape index (κ3) is 3.17. The zero-order chi connectivity index (χ0) is 12.0. The van der Waals surface area contributed by atoms with Gasteiger partial charge in [-0.05, 0) is 25.1 Å². The van der Waals surface area contributed by atoms with Crippen LogP contribution in [-0.2, 0) is 4.79 Å². The summed E-state index contributed by atoms with van der Waals surface area (Å²) in [5, 5.41) is 5.37. The summed E-state index contributed by atoms with van der Waals surface area (Å²) >= 11 is 5.56. The van der Waals surface area contributed by atoms with Crippen molar-refractivity contribution in [2.45, 2.75) is 6.92 Å². The Morgan fingerprint density at radius 2 is 2.25 bits per heavy atom. The van der Waals surface area contributed by atoms with E-state index < -0.39 is 5.82 Å². The minimum atomic E-state index is -0.532. The molecule has 1 rings (SSSR count). The van der Waals surface area contributed by atoms with Crippen LogP contribution in [0.3, 0.4) is 0 Å². The summed E-state index contributed by atoms with van der Waals surface area (Å²) in [6.45, 7) is 1.72. The highest BCUT2D eigenvalue weighted by Gasteiger charge is 2.05. The molecule has 1 aromatic carbocycles. The lowest BCUT2D eigenvalue weighted by molar-refractivity contribution is -0.104. The van der Waals surface area contributed by atoms with Crippen molar-refractivity contribution in [3.05, 3.63) is 41.3 Å². The number of nitrogens with zero attached hydrogens (tertiary/aromatic N) is 2. The van der Waals surface area contributed by atoms with E-state index in [2.05, 4.69) is 5.10 Å². The molecule has 0 N–H and O–H groups in total. The Hall–Kier alpha value is -1.68. The second kappa shape index (κ2) is 6.02. The van der Waals surface area contributed by atoms with Crippen molar-refractivity contribution in [1.29, 1.82) is 0 Å². The first-order valence-electron chi connectivity index (χ1n) is 4.54. The highest BCUT2D eigenvalue weighted by Crippen LogP contribution is 2.22. The van der Waals surface area contributed by atoms with E-state index in [1.165, 1.54) is 35.6 Å². The van der Waals surface area contributed by atoms with Gasteiger partial charge in [0.05, 0.1) is 10.7 Å². The Bertz CT molecular complexity index is 432. The maximum atomic E-state index is 13.2. The van der Waals surface area contributed by atoms with Gasteiger partial charge in [-0.3, -0.25) is 4.79 Å². The minimum Gasteiger partial charge on any atom is -0.299 e. The van der Waals surface area contributed by atoms with Gasteiger partial charge in [-0.2, -0.15) is 5.10 Å². The predicted octanol–water partition coefficient (Wildman–Crippen LogP) is 3.00. The Morgan fingerprint density at radius 3 is 2.81 bits per heavy atom. The molecule has 0 heterocycles. The molecule has 1 aromatic rings. The van der Waals surface area contributed by atoms with E-state index in [0.717, 1.165) is 0 Å². The fourth-order valence-corrected chi connectivity index (χ4v) is 1.18. The summed E-state index contributed by atoms with van der Waals surface area (Å²) in [4.78, 5) is 10.2. The molecule has 0 aliphatic rings. The second-order valence-corrected chi connectivity index (χ2v) is 3.20. The predicted molar refractivity (Wildman–Crippen MR) is 63.3 cm³/mol. The molecular weight excluding hydrogens is 231 g/mol. The fourth-order valence-electron chi connectivity index (χ4n) is 1.06. The van der Waals surface area contributed by atoms with Crippen LogP contribution in [-0.4, -0.2) is 12.5 Å². The Kier molecular flexibility index (Phi) is 4.66. The molecule has 0 aliphatic carbocycles. The fraction of sp³-hybridized carbons (Fsp3) is 0.0909. The van der Waals surface area contributed by atoms with E-state index in [4.69, 9.17) is 11.6 Å². The van der Waals surface area contributed by atoms with Gasteiger partial charge in [-0.25, -0.2) is 9.40 Å². The maximum absolute atomic E-state index is 13.2. The molecule has 0 atom stereocenters. The van der Waals surface area contributed by atoms with Crippen molar-refractivity contribution in [2.24, 2.45) is 5.10 Å². The summed E-state index contributed by atoms with van der Waals surface area (Å²) in [5.74, 6) is -0.532. The second-order valence-electron chi connectivity index (χ2n) is 2.79. The summed E-state index contributed by atoms with van der Waals surface area (Å²) < 4.78 is 13.2. The van der Waals surface area contributed by atoms with Crippen LogP contribution in [0.1, 0.15) is 6.92 Å². The van der Waals surface area contributed by atoms with E-state index in [0.29, 0.717) is 12.0 Å². The van der Waals surface area contributed by atoms with Crippen molar-refractivity contribution in [2.75, 3.05) is 5.01 Å². The zero-order valence-electron chi connectivity index (χ0n) is 8.60. The summed E-state index contributed by atoms with van der Waals surface area (Å²) in [5.41, 5.74) is 0.484. The van der Waals surface area contributed by atoms with Crippen LogP contribution in [0, 0.1) is 5.82 Å². The van der Waals surface area contributed by atoms with Crippen LogP contribution in [0.5, 0.6) is 0 Å². The van der Waals surface area contributed by atoms with Gasteiger partial charge in [-0.1, -0.05) is 11.6 Å². The lowest BCUT2D eigenvalue weighted by atomic mass is 10.3. The number of allylic oxidation sites excluding steroid dienone is 1. The zero-order valence-corrected chi connectivity index (χ0v) is 9.36. The first-order valence-corrected chi connectivity index (χ1v) is 4.91. The third-order valence-electron chi connectivity index (χ3n) is 1.71. The number of carbonyl (C=O) groups excluding carboxylic acids is 1. The van der Waals surface area contributed by atoms with Crippen molar-refractivity contribution in [3.8, 4) is 0 Å². The Labute approximate surface area is 97.8 Å². The van der Waals surface area contributed by atoms with E-state index in [-0.39, 0.29) is 5.02 Å². The van der Waals surface area contributed by atoms with Crippen LogP contribution in [0.4, 0.5) is 10.1 Å². The molecule has 0 fully saturated rings. The smallest absolute Gasteiger partial charge is 0.144 e. The standard InChI is InChI=1S/C11H10ClFN2O/c1-2-14-15(6-3-7-16)9-4-5-10(12)11(13)8-9/h2-8H,1H3/b6-3-,14-2+. The number of benzene rings is 1. The highest BCUT2D eigenvalue weighted by atomic mass is 35.5. The lowest BCUT2D eigenvalue weighted by Gasteiger charge is -2.13. The molecule has 0 unspecified atom stereocenters. The van der Waals surface area contributed by atoms with Crippen LogP contribution < -0.4 is 5.01 Å². The molecule has 0 bridgehead atoms. The minimum absolute atomic E-state index is 0.0449. The molecule has 16 heavy (non-hydrogen) atoms. The van der Waals surface area contributed by atoms with Crippen LogP contribution >= 0.6 is 11.6 Å². The molecule has 0 amide bonds. The van der Waals surface area contributed by atoms with Crippen LogP contribution in [0.2, 0.25) is 5.02 Å². The number of hydrogen-bond donors (Lipinski definition) is 0. The Balaban J connectivity index is 3.05. The normalized spacial score (nSPS) is 11.2. The highest BCUT2D eigenvalue weighted by molar-refractivity contribution is 6.30. The monoisotopic (exact) mass is 240 g/mol. The Morgan fingerprint density at radius 1 is 1.50 bits per heavy atom. The molecule has 0 spiro atoms. The molecule has 0 saturated carbocycles. The summed E-state index contributed by atoms with van der Waals surface area (Å²) in [6.07, 6.45) is 4.83. The van der Waals surface area contributed by atoms with Gasteiger partial charge < -0.3 is 0 Å². The van der Waals surface area contributed by atoms with Crippen molar-refractivity contribution in [3.63, 3.8) is 0 Å². The van der Waals surface area contributed by atoms with E-state index in [9.17, 15) is 9.18 Å². The van der Waals surface area contributed by atoms with Gasteiger partial charge in [0.1, 0.15) is 12.1 Å². The number of hydrogen-bond acceptors (Lipinski definition) is 3. The first kappa shape index (κ1) is 12.4. The van der Waals surface area contributed by atoms with Crippen LogP contribution in [0.15, 0.2) is 35.6 Å². The van der Waals surface area contributed by atoms with Crippen molar-refractivity contribution in [1.82, 2.24) is 0 Å². The van der Waals surface area contributed by atoms with Crippen LogP contribution in [0.25, 0.3) is 0 Å². The average molecular weight is 241 g/mol. The van der Waals surface area contributed by atoms with Gasteiger partial charge in [0.25, 0.3) is 0 Å². The molecule has 3 nitrogen and oxygen atoms in total. The molecular formula is C11H10ClFN2O. The van der Waals surface area contributed by atoms with Gasteiger partial charge in [0, 0.05) is 18.5 Å². The van der Waals surface area contributed by atoms with E-state index >= 15 is 0 Å². The molecule has 5 heteroatoms. The topological polar surface area (TPSA) is 32.7 Å². The van der Waals surface area contributed by atoms with E-state index in [1.807, 2.05) is 0 Å². The summed E-state index contributed by atoms with van der Waals surface area (Å²) in [7, 11) is 0. The average Bonchev–Trinajstić information content (AvgIpc) is 2.28. The molecule has 84 valence electrons. The SMILES string of the molecule is C/C=N/N(/C=C\C=O)c1ccc(Cl)c(F)c1. The number of hydrazone groups is 1. The number of anilines is 1. The van der Waals surface area contributed by atoms with Gasteiger partial charge in [-0.15, -0.1) is 0 Å². The van der Waals surface area contributed by atoms with Crippen molar-refractivity contribution < 1.29 is 9.18 Å². The quantitative estimate of drug-likeness (QED) is 0.351. The van der Waals surface area contributed by atoms with Crippen molar-refractivity contribution >= 4 is 29.8 Å². The lowest BCUT2D eigenvalue weighted by Crippen LogP contribution is -2.07. The molecule has 0 radical (unpaired) electrons. The maximum Gasteiger partial charge on any atom is 0.144 e. The van der Waals surface area contributed by atoms with Gasteiger partial charge >= 0.3 is 0 Å². The summed E-state index contributed by atoms with van der Waals surface area (Å²) in [6, 6.07) is 4.27. The number of carbonyl (C=O) groups is 1. The largest absolute Gasteiger partial charge is 0.299 e.